The van der Waals surface area contributed by atoms with Crippen molar-refractivity contribution in [1.82, 2.24) is 0 Å². The van der Waals surface area contributed by atoms with Crippen molar-refractivity contribution < 1.29 is 9.53 Å². The summed E-state index contributed by atoms with van der Waals surface area (Å²) in [6.07, 6.45) is 3.08. The molecule has 0 saturated carbocycles. The van der Waals surface area contributed by atoms with E-state index in [1.165, 1.54) is 11.1 Å². The van der Waals surface area contributed by atoms with Crippen LogP contribution in [0.2, 0.25) is 0 Å². The van der Waals surface area contributed by atoms with Crippen LogP contribution in [-0.2, 0) is 16.0 Å². The molecule has 1 aromatic carbocycles. The summed E-state index contributed by atoms with van der Waals surface area (Å²) in [5, 5.41) is 0. The molecule has 0 bridgehead atoms. The van der Waals surface area contributed by atoms with Gasteiger partial charge in [0.15, 0.2) is 0 Å². The third kappa shape index (κ3) is 2.50. The predicted molar refractivity (Wildman–Crippen MR) is 63.4 cm³/mol. The Hall–Kier alpha value is -1.15. The molecule has 0 spiro atoms. The van der Waals surface area contributed by atoms with Crippen LogP contribution in [-0.4, -0.2) is 12.4 Å². The van der Waals surface area contributed by atoms with Crippen LogP contribution in [0.15, 0.2) is 24.3 Å². The molecule has 0 fully saturated rings. The Labute approximate surface area is 96.6 Å². The quantitative estimate of drug-likeness (QED) is 0.776. The zero-order chi connectivity index (χ0) is 11.4. The fraction of sp³-hybridized carbons (Fsp3) is 0.500. The first-order valence-corrected chi connectivity index (χ1v) is 6.02. The van der Waals surface area contributed by atoms with E-state index >= 15 is 0 Å². The highest BCUT2D eigenvalue weighted by Gasteiger charge is 2.22. The van der Waals surface area contributed by atoms with E-state index in [2.05, 4.69) is 18.2 Å². The van der Waals surface area contributed by atoms with Gasteiger partial charge in [-0.3, -0.25) is 4.79 Å². The zero-order valence-electron chi connectivity index (χ0n) is 9.74. The number of Topliss-reactive ketones (excluding diaryl/α,β-unsaturated/α-hetero) is 1. The maximum Gasteiger partial charge on any atom is 0.135 e. The van der Waals surface area contributed by atoms with Gasteiger partial charge < -0.3 is 4.74 Å². The maximum atomic E-state index is 11.6. The minimum absolute atomic E-state index is 0.0102. The monoisotopic (exact) mass is 218 g/mol. The van der Waals surface area contributed by atoms with E-state index < -0.39 is 0 Å². The van der Waals surface area contributed by atoms with Crippen molar-refractivity contribution >= 4 is 5.78 Å². The number of carbonyl (C=O) groups is 1. The van der Waals surface area contributed by atoms with Gasteiger partial charge in [-0.15, -0.1) is 0 Å². The molecule has 0 aliphatic carbocycles. The smallest absolute Gasteiger partial charge is 0.135 e. The molecule has 0 amide bonds. The molecule has 16 heavy (non-hydrogen) atoms. The Balaban J connectivity index is 2.10. The lowest BCUT2D eigenvalue weighted by Crippen LogP contribution is -2.18. The van der Waals surface area contributed by atoms with Crippen molar-refractivity contribution in [3.63, 3.8) is 0 Å². The summed E-state index contributed by atoms with van der Waals surface area (Å²) < 4.78 is 5.70. The first-order valence-electron chi connectivity index (χ1n) is 6.02. The average Bonchev–Trinajstić information content (AvgIpc) is 2.30. The number of rotatable bonds is 4. The van der Waals surface area contributed by atoms with Crippen LogP contribution in [0.25, 0.3) is 0 Å². The molecule has 0 aromatic heterocycles. The first kappa shape index (κ1) is 11.3. The van der Waals surface area contributed by atoms with E-state index in [0.29, 0.717) is 18.6 Å². The molecule has 2 rings (SSSR count). The van der Waals surface area contributed by atoms with Gasteiger partial charge in [-0.2, -0.15) is 0 Å². The predicted octanol–water partition coefficient (Wildman–Crippen LogP) is 3.06. The molecule has 1 aliphatic rings. The second-order valence-electron chi connectivity index (χ2n) is 4.30. The Morgan fingerprint density at radius 2 is 2.25 bits per heavy atom. The average molecular weight is 218 g/mol. The molecule has 1 atom stereocenters. The van der Waals surface area contributed by atoms with E-state index in [9.17, 15) is 4.79 Å². The van der Waals surface area contributed by atoms with Gasteiger partial charge in [0.1, 0.15) is 5.78 Å². The molecule has 1 aromatic rings. The van der Waals surface area contributed by atoms with Gasteiger partial charge >= 0.3 is 0 Å². The number of carbonyl (C=O) groups excluding carboxylic acids is 1. The Kier molecular flexibility index (Phi) is 3.73. The second kappa shape index (κ2) is 5.26. The number of ether oxygens (including phenoxy) is 1. The third-order valence-electron chi connectivity index (χ3n) is 3.03. The van der Waals surface area contributed by atoms with Gasteiger partial charge in [-0.05, 0) is 24.0 Å². The lowest BCUT2D eigenvalue weighted by molar-refractivity contribution is -0.122. The Morgan fingerprint density at radius 3 is 3.06 bits per heavy atom. The summed E-state index contributed by atoms with van der Waals surface area (Å²) in [5.74, 6) is 0.309. The fourth-order valence-electron chi connectivity index (χ4n) is 2.23. The molecule has 0 N–H and O–H groups in total. The standard InChI is InChI=1S/C14H18O2/c1-2-5-12(15)10-14-13-7-4-3-6-11(13)8-9-16-14/h3-4,6-7,14H,2,5,8-10H2,1H3. The minimum Gasteiger partial charge on any atom is -0.373 e. The van der Waals surface area contributed by atoms with Crippen LogP contribution >= 0.6 is 0 Å². The summed E-state index contributed by atoms with van der Waals surface area (Å²) in [6, 6.07) is 8.29. The largest absolute Gasteiger partial charge is 0.373 e. The van der Waals surface area contributed by atoms with E-state index in [1.807, 2.05) is 13.0 Å². The molecular formula is C14H18O2. The highest BCUT2D eigenvalue weighted by atomic mass is 16.5. The molecule has 1 heterocycles. The number of fused-ring (bicyclic) bond motifs is 1. The highest BCUT2D eigenvalue weighted by Crippen LogP contribution is 2.29. The molecule has 1 unspecified atom stereocenters. The molecule has 86 valence electrons. The number of benzene rings is 1. The van der Waals surface area contributed by atoms with E-state index in [0.717, 1.165) is 19.4 Å². The summed E-state index contributed by atoms with van der Waals surface area (Å²) in [4.78, 5) is 11.6. The number of hydrogen-bond acceptors (Lipinski definition) is 2. The topological polar surface area (TPSA) is 26.3 Å². The van der Waals surface area contributed by atoms with Crippen LogP contribution < -0.4 is 0 Å². The molecular weight excluding hydrogens is 200 g/mol. The molecule has 2 nitrogen and oxygen atoms in total. The summed E-state index contributed by atoms with van der Waals surface area (Å²) in [6.45, 7) is 2.77. The van der Waals surface area contributed by atoms with Crippen molar-refractivity contribution in [2.75, 3.05) is 6.61 Å². The third-order valence-corrected chi connectivity index (χ3v) is 3.03. The number of hydrogen-bond donors (Lipinski definition) is 0. The fourth-order valence-corrected chi connectivity index (χ4v) is 2.23. The maximum absolute atomic E-state index is 11.6. The van der Waals surface area contributed by atoms with Crippen molar-refractivity contribution in [1.29, 1.82) is 0 Å². The van der Waals surface area contributed by atoms with Gasteiger partial charge in [0.05, 0.1) is 12.7 Å². The van der Waals surface area contributed by atoms with E-state index in [1.54, 1.807) is 0 Å². The van der Waals surface area contributed by atoms with Crippen LogP contribution in [0.4, 0.5) is 0 Å². The van der Waals surface area contributed by atoms with E-state index in [-0.39, 0.29) is 6.10 Å². The van der Waals surface area contributed by atoms with Gasteiger partial charge in [0.2, 0.25) is 0 Å². The lowest BCUT2D eigenvalue weighted by Gasteiger charge is -2.25. The highest BCUT2D eigenvalue weighted by molar-refractivity contribution is 5.79. The normalized spacial score (nSPS) is 19.2. The lowest BCUT2D eigenvalue weighted by atomic mass is 9.94. The summed E-state index contributed by atoms with van der Waals surface area (Å²) in [7, 11) is 0. The molecule has 0 saturated heterocycles. The van der Waals surface area contributed by atoms with Gasteiger partial charge in [-0.1, -0.05) is 31.2 Å². The van der Waals surface area contributed by atoms with Gasteiger partial charge in [-0.25, -0.2) is 0 Å². The van der Waals surface area contributed by atoms with Gasteiger partial charge in [0, 0.05) is 12.8 Å². The summed E-state index contributed by atoms with van der Waals surface area (Å²) >= 11 is 0. The first-order chi connectivity index (χ1) is 7.81. The van der Waals surface area contributed by atoms with Crippen molar-refractivity contribution in [2.45, 2.75) is 38.7 Å². The SMILES string of the molecule is CCCC(=O)CC1OCCc2ccccc21. The zero-order valence-corrected chi connectivity index (χ0v) is 9.74. The van der Waals surface area contributed by atoms with Crippen LogP contribution in [0.3, 0.4) is 0 Å². The van der Waals surface area contributed by atoms with Crippen LogP contribution in [0, 0.1) is 0 Å². The minimum atomic E-state index is -0.0102. The van der Waals surface area contributed by atoms with Crippen molar-refractivity contribution in [3.8, 4) is 0 Å². The van der Waals surface area contributed by atoms with Crippen LogP contribution in [0.5, 0.6) is 0 Å². The van der Waals surface area contributed by atoms with Crippen molar-refractivity contribution in [3.05, 3.63) is 35.4 Å². The number of ketones is 1. The Bertz CT molecular complexity index is 371. The van der Waals surface area contributed by atoms with Crippen molar-refractivity contribution in [2.24, 2.45) is 0 Å². The molecule has 2 heteroatoms. The Morgan fingerprint density at radius 1 is 1.44 bits per heavy atom. The molecule has 0 radical (unpaired) electrons. The molecule has 1 aliphatic heterocycles. The van der Waals surface area contributed by atoms with Gasteiger partial charge in [0.25, 0.3) is 0 Å². The van der Waals surface area contributed by atoms with E-state index in [4.69, 9.17) is 4.74 Å². The van der Waals surface area contributed by atoms with Crippen LogP contribution in [0.1, 0.15) is 43.4 Å². The summed E-state index contributed by atoms with van der Waals surface area (Å²) in [5.41, 5.74) is 2.54. The second-order valence-corrected chi connectivity index (χ2v) is 4.30.